The minimum absolute atomic E-state index is 0.185. The van der Waals surface area contributed by atoms with Crippen LogP contribution in [0.15, 0.2) is 18.2 Å². The molecule has 0 spiro atoms. The van der Waals surface area contributed by atoms with E-state index in [4.69, 9.17) is 15.2 Å². The first-order chi connectivity index (χ1) is 8.33. The van der Waals surface area contributed by atoms with Crippen molar-refractivity contribution in [2.45, 2.75) is 32.2 Å². The Hall–Kier alpha value is -1.06. The molecule has 0 aromatic heterocycles. The van der Waals surface area contributed by atoms with Gasteiger partial charge in [-0.05, 0) is 36.5 Å². The molecule has 0 amide bonds. The van der Waals surface area contributed by atoms with Gasteiger partial charge < -0.3 is 15.2 Å². The third-order valence-corrected chi connectivity index (χ3v) is 3.11. The lowest BCUT2D eigenvalue weighted by Gasteiger charge is -2.11. The highest BCUT2D eigenvalue weighted by atomic mass is 16.5. The average Bonchev–Trinajstić information content (AvgIpc) is 2.72. The smallest absolute Gasteiger partial charge is 0.122 e. The summed E-state index contributed by atoms with van der Waals surface area (Å²) in [6, 6.07) is 6.33. The van der Waals surface area contributed by atoms with Gasteiger partial charge in [-0.1, -0.05) is 19.1 Å². The Balaban J connectivity index is 1.89. The van der Waals surface area contributed by atoms with E-state index < -0.39 is 0 Å². The number of fused-ring (bicyclic) bond motifs is 1. The third-order valence-electron chi connectivity index (χ3n) is 3.11. The van der Waals surface area contributed by atoms with Crippen LogP contribution in [0, 0.1) is 0 Å². The van der Waals surface area contributed by atoms with Crippen molar-refractivity contribution in [3.05, 3.63) is 29.3 Å². The summed E-state index contributed by atoms with van der Waals surface area (Å²) in [5, 5.41) is 0. The predicted molar refractivity (Wildman–Crippen MR) is 68.3 cm³/mol. The molecule has 0 fully saturated rings. The van der Waals surface area contributed by atoms with Crippen LogP contribution in [-0.4, -0.2) is 19.8 Å². The molecule has 0 bridgehead atoms. The van der Waals surface area contributed by atoms with Gasteiger partial charge in [-0.2, -0.15) is 0 Å². The maximum atomic E-state index is 6.03. The summed E-state index contributed by atoms with van der Waals surface area (Å²) in [6.45, 7) is 4.18. The van der Waals surface area contributed by atoms with Crippen LogP contribution in [0.25, 0.3) is 0 Å². The Labute approximate surface area is 103 Å². The van der Waals surface area contributed by atoms with E-state index in [1.54, 1.807) is 0 Å². The molecule has 0 aliphatic heterocycles. The number of ether oxygens (including phenoxy) is 2. The molecule has 2 rings (SSSR count). The largest absolute Gasteiger partial charge is 0.491 e. The number of rotatable bonds is 6. The zero-order chi connectivity index (χ0) is 12.1. The number of nitrogens with two attached hydrogens (primary N) is 1. The van der Waals surface area contributed by atoms with Crippen molar-refractivity contribution in [1.29, 1.82) is 0 Å². The number of benzene rings is 1. The number of hydrogen-bond acceptors (Lipinski definition) is 3. The zero-order valence-electron chi connectivity index (χ0n) is 10.4. The van der Waals surface area contributed by atoms with Crippen LogP contribution in [0.4, 0.5) is 0 Å². The monoisotopic (exact) mass is 235 g/mol. The molecule has 94 valence electrons. The molecular formula is C14H21NO2. The van der Waals surface area contributed by atoms with E-state index in [1.807, 2.05) is 12.1 Å². The fourth-order valence-electron chi connectivity index (χ4n) is 2.25. The topological polar surface area (TPSA) is 44.5 Å². The molecule has 1 unspecified atom stereocenters. The minimum atomic E-state index is 0.185. The summed E-state index contributed by atoms with van der Waals surface area (Å²) in [6.07, 6.45) is 3.11. The molecule has 0 heterocycles. The lowest BCUT2D eigenvalue weighted by atomic mass is 10.1. The SMILES string of the molecule is CCCOCCOc1cccc2c1CCC2N. The van der Waals surface area contributed by atoms with Gasteiger partial charge in [0, 0.05) is 12.6 Å². The summed E-state index contributed by atoms with van der Waals surface area (Å²) in [4.78, 5) is 0. The summed E-state index contributed by atoms with van der Waals surface area (Å²) >= 11 is 0. The van der Waals surface area contributed by atoms with Gasteiger partial charge in [0.1, 0.15) is 12.4 Å². The Morgan fingerprint density at radius 2 is 2.18 bits per heavy atom. The summed E-state index contributed by atoms with van der Waals surface area (Å²) in [7, 11) is 0. The highest BCUT2D eigenvalue weighted by Gasteiger charge is 2.21. The minimum Gasteiger partial charge on any atom is -0.491 e. The molecule has 1 aromatic rings. The predicted octanol–water partition coefficient (Wildman–Crippen LogP) is 2.44. The van der Waals surface area contributed by atoms with Gasteiger partial charge in [-0.25, -0.2) is 0 Å². The Morgan fingerprint density at radius 3 is 3.00 bits per heavy atom. The zero-order valence-corrected chi connectivity index (χ0v) is 10.4. The normalized spacial score (nSPS) is 18.1. The molecule has 3 heteroatoms. The average molecular weight is 235 g/mol. The fourth-order valence-corrected chi connectivity index (χ4v) is 2.25. The maximum Gasteiger partial charge on any atom is 0.122 e. The Morgan fingerprint density at radius 1 is 1.29 bits per heavy atom. The lowest BCUT2D eigenvalue weighted by Crippen LogP contribution is -2.09. The molecule has 0 saturated carbocycles. The maximum absolute atomic E-state index is 6.03. The standard InChI is InChI=1S/C14H21NO2/c1-2-8-16-9-10-17-14-5-3-4-11-12(14)6-7-13(11)15/h3-5,13H,2,6-10,15H2,1H3. The van der Waals surface area contributed by atoms with Crippen LogP contribution in [-0.2, 0) is 11.2 Å². The Bertz CT molecular complexity index is 365. The van der Waals surface area contributed by atoms with Crippen molar-refractivity contribution in [2.24, 2.45) is 5.73 Å². The molecule has 2 N–H and O–H groups in total. The van der Waals surface area contributed by atoms with Gasteiger partial charge in [0.05, 0.1) is 6.61 Å². The van der Waals surface area contributed by atoms with Crippen molar-refractivity contribution in [3.63, 3.8) is 0 Å². The molecule has 1 aliphatic carbocycles. The lowest BCUT2D eigenvalue weighted by molar-refractivity contribution is 0.100. The first-order valence-corrected chi connectivity index (χ1v) is 6.41. The summed E-state index contributed by atoms with van der Waals surface area (Å²) in [5.74, 6) is 0.982. The molecule has 1 aromatic carbocycles. The summed E-state index contributed by atoms with van der Waals surface area (Å²) in [5.41, 5.74) is 8.56. The third kappa shape index (κ3) is 2.99. The molecular weight excluding hydrogens is 214 g/mol. The Kier molecular flexibility index (Phi) is 4.40. The molecule has 0 saturated heterocycles. The quantitative estimate of drug-likeness (QED) is 0.770. The molecule has 3 nitrogen and oxygen atoms in total. The first kappa shape index (κ1) is 12.4. The van der Waals surface area contributed by atoms with Gasteiger partial charge in [0.2, 0.25) is 0 Å². The second-order valence-electron chi connectivity index (χ2n) is 4.43. The van der Waals surface area contributed by atoms with E-state index in [1.165, 1.54) is 11.1 Å². The molecule has 1 aliphatic rings. The van der Waals surface area contributed by atoms with E-state index in [0.29, 0.717) is 13.2 Å². The van der Waals surface area contributed by atoms with Crippen LogP contribution in [0.2, 0.25) is 0 Å². The van der Waals surface area contributed by atoms with Crippen molar-refractivity contribution >= 4 is 0 Å². The van der Waals surface area contributed by atoms with E-state index in [-0.39, 0.29) is 6.04 Å². The van der Waals surface area contributed by atoms with Gasteiger partial charge in [-0.3, -0.25) is 0 Å². The van der Waals surface area contributed by atoms with E-state index in [9.17, 15) is 0 Å². The second kappa shape index (κ2) is 6.03. The van der Waals surface area contributed by atoms with Crippen molar-refractivity contribution in [1.82, 2.24) is 0 Å². The first-order valence-electron chi connectivity index (χ1n) is 6.41. The van der Waals surface area contributed by atoms with E-state index >= 15 is 0 Å². The van der Waals surface area contributed by atoms with Gasteiger partial charge in [0.15, 0.2) is 0 Å². The van der Waals surface area contributed by atoms with Crippen LogP contribution < -0.4 is 10.5 Å². The van der Waals surface area contributed by atoms with Gasteiger partial charge in [0.25, 0.3) is 0 Å². The van der Waals surface area contributed by atoms with Crippen LogP contribution >= 0.6 is 0 Å². The van der Waals surface area contributed by atoms with Crippen molar-refractivity contribution in [3.8, 4) is 5.75 Å². The fraction of sp³-hybridized carbons (Fsp3) is 0.571. The van der Waals surface area contributed by atoms with Crippen molar-refractivity contribution < 1.29 is 9.47 Å². The van der Waals surface area contributed by atoms with Gasteiger partial charge in [-0.15, -0.1) is 0 Å². The van der Waals surface area contributed by atoms with Crippen LogP contribution in [0.5, 0.6) is 5.75 Å². The summed E-state index contributed by atoms with van der Waals surface area (Å²) < 4.78 is 11.2. The highest BCUT2D eigenvalue weighted by Crippen LogP contribution is 2.35. The van der Waals surface area contributed by atoms with Crippen LogP contribution in [0.3, 0.4) is 0 Å². The van der Waals surface area contributed by atoms with E-state index in [2.05, 4.69) is 13.0 Å². The van der Waals surface area contributed by atoms with Gasteiger partial charge >= 0.3 is 0 Å². The molecule has 17 heavy (non-hydrogen) atoms. The second-order valence-corrected chi connectivity index (χ2v) is 4.43. The number of hydrogen-bond donors (Lipinski definition) is 1. The van der Waals surface area contributed by atoms with Crippen molar-refractivity contribution in [2.75, 3.05) is 19.8 Å². The molecule has 1 atom stereocenters. The molecule has 0 radical (unpaired) electrons. The van der Waals surface area contributed by atoms with E-state index in [0.717, 1.165) is 31.6 Å². The van der Waals surface area contributed by atoms with Crippen LogP contribution in [0.1, 0.15) is 36.9 Å². The highest BCUT2D eigenvalue weighted by molar-refractivity contribution is 5.44.